The Morgan fingerprint density at radius 2 is 2.25 bits per heavy atom. The average Bonchev–Trinajstić information content (AvgIpc) is 2.17. The molecule has 0 bridgehead atoms. The standard InChI is InChI=1S/C11H14BrNO3/c1-7(4-5-14)13-11(16)9-3-2-8(12)6-10(9)15/h2-3,6-7,14-15H,4-5H2,1H3,(H,13,16). The van der Waals surface area contributed by atoms with E-state index in [4.69, 9.17) is 5.11 Å². The number of phenolic OH excluding ortho intramolecular Hbond substituents is 1. The fraction of sp³-hybridized carbons (Fsp3) is 0.364. The molecule has 16 heavy (non-hydrogen) atoms. The number of rotatable bonds is 4. The third-order valence-electron chi connectivity index (χ3n) is 2.14. The summed E-state index contributed by atoms with van der Waals surface area (Å²) in [7, 11) is 0. The van der Waals surface area contributed by atoms with Crippen molar-refractivity contribution in [3.8, 4) is 5.75 Å². The van der Waals surface area contributed by atoms with Gasteiger partial charge in [0.1, 0.15) is 5.75 Å². The van der Waals surface area contributed by atoms with Gasteiger partial charge >= 0.3 is 0 Å². The molecule has 0 radical (unpaired) electrons. The van der Waals surface area contributed by atoms with E-state index in [9.17, 15) is 9.90 Å². The molecular formula is C11H14BrNO3. The van der Waals surface area contributed by atoms with Gasteiger partial charge in [-0.15, -0.1) is 0 Å². The number of aromatic hydroxyl groups is 1. The van der Waals surface area contributed by atoms with Gasteiger partial charge in [-0.3, -0.25) is 4.79 Å². The molecule has 1 unspecified atom stereocenters. The Bertz CT molecular complexity index is 381. The predicted molar refractivity (Wildman–Crippen MR) is 64.4 cm³/mol. The van der Waals surface area contributed by atoms with Crippen molar-refractivity contribution in [2.24, 2.45) is 0 Å². The fourth-order valence-corrected chi connectivity index (χ4v) is 1.61. The second-order valence-corrected chi connectivity index (χ2v) is 4.46. The quantitative estimate of drug-likeness (QED) is 0.789. The third kappa shape index (κ3) is 3.50. The van der Waals surface area contributed by atoms with E-state index in [0.717, 1.165) is 0 Å². The van der Waals surface area contributed by atoms with Gasteiger partial charge in [-0.2, -0.15) is 0 Å². The largest absolute Gasteiger partial charge is 0.507 e. The van der Waals surface area contributed by atoms with E-state index in [2.05, 4.69) is 21.2 Å². The number of hydrogen-bond acceptors (Lipinski definition) is 3. The molecule has 4 nitrogen and oxygen atoms in total. The molecule has 0 aliphatic heterocycles. The topological polar surface area (TPSA) is 69.6 Å². The van der Waals surface area contributed by atoms with Crippen LogP contribution in [-0.2, 0) is 0 Å². The lowest BCUT2D eigenvalue weighted by Gasteiger charge is -2.13. The van der Waals surface area contributed by atoms with Crippen LogP contribution in [0.2, 0.25) is 0 Å². The maximum Gasteiger partial charge on any atom is 0.255 e. The molecule has 0 saturated carbocycles. The Morgan fingerprint density at radius 1 is 1.56 bits per heavy atom. The Balaban J connectivity index is 2.73. The molecule has 3 N–H and O–H groups in total. The summed E-state index contributed by atoms with van der Waals surface area (Å²) in [4.78, 5) is 11.7. The molecule has 0 heterocycles. The molecule has 1 aromatic carbocycles. The second-order valence-electron chi connectivity index (χ2n) is 3.55. The number of phenols is 1. The van der Waals surface area contributed by atoms with Crippen LogP contribution in [0.15, 0.2) is 22.7 Å². The number of hydrogen-bond donors (Lipinski definition) is 3. The zero-order valence-electron chi connectivity index (χ0n) is 8.90. The molecule has 1 atom stereocenters. The lowest BCUT2D eigenvalue weighted by molar-refractivity contribution is 0.0931. The Kier molecular flexibility index (Phi) is 4.76. The van der Waals surface area contributed by atoms with Crippen molar-refractivity contribution in [2.45, 2.75) is 19.4 Å². The van der Waals surface area contributed by atoms with Crippen molar-refractivity contribution in [3.63, 3.8) is 0 Å². The zero-order chi connectivity index (χ0) is 12.1. The summed E-state index contributed by atoms with van der Waals surface area (Å²) in [6, 6.07) is 4.57. The normalized spacial score (nSPS) is 12.2. The highest BCUT2D eigenvalue weighted by Crippen LogP contribution is 2.22. The van der Waals surface area contributed by atoms with Gasteiger partial charge in [-0.1, -0.05) is 15.9 Å². The van der Waals surface area contributed by atoms with Gasteiger partial charge in [0.25, 0.3) is 5.91 Å². The minimum atomic E-state index is -0.342. The van der Waals surface area contributed by atoms with Gasteiger partial charge in [0.15, 0.2) is 0 Å². The smallest absolute Gasteiger partial charge is 0.255 e. The van der Waals surface area contributed by atoms with Gasteiger partial charge in [0.2, 0.25) is 0 Å². The Labute approximate surface area is 102 Å². The summed E-state index contributed by atoms with van der Waals surface area (Å²) in [5.41, 5.74) is 0.230. The molecule has 0 aromatic heterocycles. The van der Waals surface area contributed by atoms with Crippen molar-refractivity contribution in [3.05, 3.63) is 28.2 Å². The van der Waals surface area contributed by atoms with Crippen molar-refractivity contribution in [1.29, 1.82) is 0 Å². The zero-order valence-corrected chi connectivity index (χ0v) is 10.5. The maximum absolute atomic E-state index is 11.7. The lowest BCUT2D eigenvalue weighted by Crippen LogP contribution is -2.33. The molecule has 0 fully saturated rings. The number of carbonyl (C=O) groups excluding carboxylic acids is 1. The molecule has 88 valence electrons. The molecule has 1 aromatic rings. The highest BCUT2D eigenvalue weighted by molar-refractivity contribution is 9.10. The molecule has 5 heteroatoms. The van der Waals surface area contributed by atoms with Crippen molar-refractivity contribution >= 4 is 21.8 Å². The molecular weight excluding hydrogens is 274 g/mol. The van der Waals surface area contributed by atoms with E-state index in [0.29, 0.717) is 10.9 Å². The number of aliphatic hydroxyl groups is 1. The van der Waals surface area contributed by atoms with Gasteiger partial charge in [0, 0.05) is 17.1 Å². The van der Waals surface area contributed by atoms with Crippen LogP contribution in [0.1, 0.15) is 23.7 Å². The summed E-state index contributed by atoms with van der Waals surface area (Å²) in [6.07, 6.45) is 0.489. The summed E-state index contributed by atoms with van der Waals surface area (Å²) in [6.45, 7) is 1.82. The highest BCUT2D eigenvalue weighted by Gasteiger charge is 2.13. The monoisotopic (exact) mass is 287 g/mol. The number of halogens is 1. The summed E-state index contributed by atoms with van der Waals surface area (Å²) < 4.78 is 0.713. The van der Waals surface area contributed by atoms with Crippen LogP contribution in [0.4, 0.5) is 0 Å². The molecule has 0 aliphatic carbocycles. The SMILES string of the molecule is CC(CCO)NC(=O)c1ccc(Br)cc1O. The van der Waals surface area contributed by atoms with Crippen molar-refractivity contribution in [1.82, 2.24) is 5.32 Å². The summed E-state index contributed by atoms with van der Waals surface area (Å²) in [5.74, 6) is -0.408. The van der Waals surface area contributed by atoms with E-state index in [1.54, 1.807) is 19.1 Å². The molecule has 0 aliphatic rings. The number of nitrogens with one attached hydrogen (secondary N) is 1. The first-order chi connectivity index (χ1) is 7.54. The molecule has 0 spiro atoms. The second kappa shape index (κ2) is 5.86. The Morgan fingerprint density at radius 3 is 2.81 bits per heavy atom. The maximum atomic E-state index is 11.7. The number of aliphatic hydroxyl groups excluding tert-OH is 1. The molecule has 1 rings (SSSR count). The van der Waals surface area contributed by atoms with Crippen LogP contribution >= 0.6 is 15.9 Å². The van der Waals surface area contributed by atoms with Gasteiger partial charge < -0.3 is 15.5 Å². The fourth-order valence-electron chi connectivity index (χ4n) is 1.26. The minimum absolute atomic E-state index is 0.0216. The first-order valence-electron chi connectivity index (χ1n) is 4.95. The van der Waals surface area contributed by atoms with E-state index in [1.165, 1.54) is 6.07 Å². The summed E-state index contributed by atoms with van der Waals surface area (Å²) >= 11 is 3.20. The third-order valence-corrected chi connectivity index (χ3v) is 2.64. The number of benzene rings is 1. The van der Waals surface area contributed by atoms with Crippen LogP contribution < -0.4 is 5.32 Å². The lowest BCUT2D eigenvalue weighted by atomic mass is 10.1. The van der Waals surface area contributed by atoms with Crippen LogP contribution in [0, 0.1) is 0 Å². The van der Waals surface area contributed by atoms with E-state index in [1.807, 2.05) is 0 Å². The van der Waals surface area contributed by atoms with Crippen LogP contribution in [0.3, 0.4) is 0 Å². The van der Waals surface area contributed by atoms with Crippen LogP contribution in [0.5, 0.6) is 5.75 Å². The van der Waals surface area contributed by atoms with Crippen LogP contribution in [-0.4, -0.2) is 28.8 Å². The van der Waals surface area contributed by atoms with E-state index >= 15 is 0 Å². The van der Waals surface area contributed by atoms with Crippen molar-refractivity contribution in [2.75, 3.05) is 6.61 Å². The first-order valence-corrected chi connectivity index (χ1v) is 5.74. The molecule has 1 amide bonds. The van der Waals surface area contributed by atoms with Crippen LogP contribution in [0.25, 0.3) is 0 Å². The van der Waals surface area contributed by atoms with Gasteiger partial charge in [0.05, 0.1) is 5.56 Å². The average molecular weight is 288 g/mol. The van der Waals surface area contributed by atoms with Gasteiger partial charge in [-0.05, 0) is 31.5 Å². The van der Waals surface area contributed by atoms with Gasteiger partial charge in [-0.25, -0.2) is 0 Å². The molecule has 0 saturated heterocycles. The number of carbonyl (C=O) groups is 1. The number of amides is 1. The summed E-state index contributed by atoms with van der Waals surface area (Å²) in [5, 5.41) is 21.0. The Hall–Kier alpha value is -1.07. The van der Waals surface area contributed by atoms with Crippen molar-refractivity contribution < 1.29 is 15.0 Å². The highest BCUT2D eigenvalue weighted by atomic mass is 79.9. The predicted octanol–water partition coefficient (Wildman–Crippen LogP) is 1.66. The minimum Gasteiger partial charge on any atom is -0.507 e. The van der Waals surface area contributed by atoms with E-state index in [-0.39, 0.29) is 29.9 Å². The first kappa shape index (κ1) is 13.0. The van der Waals surface area contributed by atoms with E-state index < -0.39 is 0 Å².